The SMILES string of the molecule is CC1CC(Nc2nc(C(N)C(=O)O)cs2)CCN1C. The number of aliphatic carboxylic acids is 1. The smallest absolute Gasteiger partial charge is 0.326 e. The van der Waals surface area contributed by atoms with E-state index in [1.165, 1.54) is 11.3 Å². The highest BCUT2D eigenvalue weighted by molar-refractivity contribution is 7.13. The van der Waals surface area contributed by atoms with Crippen LogP contribution in [0.15, 0.2) is 5.38 Å². The molecule has 7 heteroatoms. The molecule has 0 bridgehead atoms. The number of nitrogens with zero attached hydrogens (tertiary/aromatic N) is 2. The zero-order valence-electron chi connectivity index (χ0n) is 11.2. The number of hydrogen-bond donors (Lipinski definition) is 3. The number of nitrogens with one attached hydrogen (secondary N) is 1. The molecule has 1 fully saturated rings. The summed E-state index contributed by atoms with van der Waals surface area (Å²) >= 11 is 1.41. The Kier molecular flexibility index (Phi) is 4.38. The third-order valence-electron chi connectivity index (χ3n) is 3.64. The van der Waals surface area contributed by atoms with E-state index in [1.54, 1.807) is 5.38 Å². The van der Waals surface area contributed by atoms with Crippen LogP contribution in [0.4, 0.5) is 5.13 Å². The number of carboxylic acid groups (broad SMARTS) is 1. The van der Waals surface area contributed by atoms with Crippen molar-refractivity contribution < 1.29 is 9.90 Å². The highest BCUT2D eigenvalue weighted by atomic mass is 32.1. The zero-order valence-corrected chi connectivity index (χ0v) is 12.0. The highest BCUT2D eigenvalue weighted by Gasteiger charge is 2.24. The molecular formula is C12H20N4O2S. The van der Waals surface area contributed by atoms with Crippen LogP contribution in [0.1, 0.15) is 31.5 Å². The summed E-state index contributed by atoms with van der Waals surface area (Å²) in [5.41, 5.74) is 5.95. The van der Waals surface area contributed by atoms with Gasteiger partial charge < -0.3 is 21.1 Å². The Labute approximate surface area is 116 Å². The normalized spacial score (nSPS) is 26.1. The maximum atomic E-state index is 10.8. The Hall–Kier alpha value is -1.18. The zero-order chi connectivity index (χ0) is 14.0. The van der Waals surface area contributed by atoms with Crippen LogP contribution in [0.3, 0.4) is 0 Å². The minimum atomic E-state index is -1.05. The number of likely N-dealkylation sites (tertiary alicyclic amines) is 1. The topological polar surface area (TPSA) is 91.5 Å². The van der Waals surface area contributed by atoms with Gasteiger partial charge in [-0.2, -0.15) is 0 Å². The van der Waals surface area contributed by atoms with Crippen molar-refractivity contribution in [1.29, 1.82) is 0 Å². The summed E-state index contributed by atoms with van der Waals surface area (Å²) in [6, 6.07) is -0.0959. The third-order valence-corrected chi connectivity index (χ3v) is 4.43. The molecule has 0 aromatic carbocycles. The van der Waals surface area contributed by atoms with Crippen molar-refractivity contribution in [3.05, 3.63) is 11.1 Å². The molecule has 1 aromatic rings. The molecule has 6 nitrogen and oxygen atoms in total. The average Bonchev–Trinajstić information content (AvgIpc) is 2.81. The van der Waals surface area contributed by atoms with E-state index >= 15 is 0 Å². The van der Waals surface area contributed by atoms with Gasteiger partial charge >= 0.3 is 5.97 Å². The molecule has 2 rings (SSSR count). The number of carbonyl (C=O) groups is 1. The molecule has 0 spiro atoms. The molecule has 1 aliphatic rings. The second-order valence-corrected chi connectivity index (χ2v) is 5.95. The van der Waals surface area contributed by atoms with Crippen LogP contribution >= 0.6 is 11.3 Å². The van der Waals surface area contributed by atoms with E-state index < -0.39 is 12.0 Å². The molecule has 1 aliphatic heterocycles. The number of rotatable bonds is 4. The second-order valence-electron chi connectivity index (χ2n) is 5.09. The van der Waals surface area contributed by atoms with Gasteiger partial charge in [0.2, 0.25) is 0 Å². The Morgan fingerprint density at radius 3 is 3.11 bits per heavy atom. The number of aromatic nitrogens is 1. The van der Waals surface area contributed by atoms with E-state index in [9.17, 15) is 4.79 Å². The molecule has 0 saturated carbocycles. The van der Waals surface area contributed by atoms with Crippen LogP contribution in [-0.2, 0) is 4.79 Å². The van der Waals surface area contributed by atoms with Crippen molar-refractivity contribution in [2.45, 2.75) is 37.9 Å². The summed E-state index contributed by atoms with van der Waals surface area (Å²) in [4.78, 5) is 17.4. The number of carboxylic acids is 1. The van der Waals surface area contributed by atoms with E-state index in [4.69, 9.17) is 10.8 Å². The number of thiazole rings is 1. The first kappa shape index (κ1) is 14.2. The van der Waals surface area contributed by atoms with E-state index in [0.717, 1.165) is 24.5 Å². The van der Waals surface area contributed by atoms with Crippen molar-refractivity contribution in [3.63, 3.8) is 0 Å². The molecule has 0 amide bonds. The lowest BCUT2D eigenvalue weighted by atomic mass is 9.99. The van der Waals surface area contributed by atoms with Crippen molar-refractivity contribution in [2.24, 2.45) is 5.73 Å². The van der Waals surface area contributed by atoms with Crippen LogP contribution in [-0.4, -0.2) is 46.6 Å². The lowest BCUT2D eigenvalue weighted by Crippen LogP contribution is -2.42. The van der Waals surface area contributed by atoms with Crippen LogP contribution in [0.2, 0.25) is 0 Å². The summed E-state index contributed by atoms with van der Waals surface area (Å²) in [6.45, 7) is 3.27. The Balaban J connectivity index is 1.95. The third kappa shape index (κ3) is 3.43. The molecule has 106 valence electrons. The van der Waals surface area contributed by atoms with Gasteiger partial charge in [-0.3, -0.25) is 4.79 Å². The quantitative estimate of drug-likeness (QED) is 0.767. The molecule has 0 aliphatic carbocycles. The van der Waals surface area contributed by atoms with Gasteiger partial charge in [0.25, 0.3) is 0 Å². The van der Waals surface area contributed by atoms with Crippen LogP contribution in [0.5, 0.6) is 0 Å². The van der Waals surface area contributed by atoms with Crippen molar-refractivity contribution in [2.75, 3.05) is 18.9 Å². The molecule has 2 heterocycles. The lowest BCUT2D eigenvalue weighted by Gasteiger charge is -2.35. The van der Waals surface area contributed by atoms with E-state index in [2.05, 4.69) is 29.2 Å². The first-order valence-electron chi connectivity index (χ1n) is 6.38. The monoisotopic (exact) mass is 284 g/mol. The van der Waals surface area contributed by atoms with Crippen LogP contribution < -0.4 is 11.1 Å². The molecule has 1 saturated heterocycles. The minimum absolute atomic E-state index is 0.395. The number of anilines is 1. The molecular weight excluding hydrogens is 264 g/mol. The van der Waals surface area contributed by atoms with E-state index in [0.29, 0.717) is 17.8 Å². The predicted molar refractivity (Wildman–Crippen MR) is 75.4 cm³/mol. The molecule has 3 atom stereocenters. The van der Waals surface area contributed by atoms with Gasteiger partial charge in [-0.1, -0.05) is 0 Å². The molecule has 0 radical (unpaired) electrons. The van der Waals surface area contributed by atoms with Crippen LogP contribution in [0.25, 0.3) is 0 Å². The fourth-order valence-corrected chi connectivity index (χ4v) is 3.04. The first-order chi connectivity index (χ1) is 8.97. The molecule has 19 heavy (non-hydrogen) atoms. The maximum absolute atomic E-state index is 10.8. The van der Waals surface area contributed by atoms with Gasteiger partial charge in [-0.05, 0) is 26.8 Å². The average molecular weight is 284 g/mol. The van der Waals surface area contributed by atoms with Gasteiger partial charge in [0.1, 0.15) is 6.04 Å². The van der Waals surface area contributed by atoms with Gasteiger partial charge in [0, 0.05) is 24.0 Å². The maximum Gasteiger partial charge on any atom is 0.326 e. The fourth-order valence-electron chi connectivity index (χ4n) is 2.22. The molecule has 4 N–H and O–H groups in total. The van der Waals surface area contributed by atoms with Crippen molar-refractivity contribution in [1.82, 2.24) is 9.88 Å². The summed E-state index contributed by atoms with van der Waals surface area (Å²) in [5, 5.41) is 14.7. The Morgan fingerprint density at radius 1 is 1.74 bits per heavy atom. The first-order valence-corrected chi connectivity index (χ1v) is 7.26. The van der Waals surface area contributed by atoms with Gasteiger partial charge in [-0.15, -0.1) is 11.3 Å². The van der Waals surface area contributed by atoms with E-state index in [1.807, 2.05) is 0 Å². The summed E-state index contributed by atoms with van der Waals surface area (Å²) in [6.07, 6.45) is 2.14. The van der Waals surface area contributed by atoms with E-state index in [-0.39, 0.29) is 0 Å². The summed E-state index contributed by atoms with van der Waals surface area (Å²) < 4.78 is 0. The minimum Gasteiger partial charge on any atom is -0.480 e. The standard InChI is InChI=1S/C12H20N4O2S/c1-7-5-8(3-4-16(7)2)14-12-15-9(6-19-12)10(13)11(17)18/h6-8,10H,3-5,13H2,1-2H3,(H,14,15)(H,17,18). The summed E-state index contributed by atoms with van der Waals surface area (Å²) in [5.74, 6) is -1.05. The second kappa shape index (κ2) is 5.85. The fraction of sp³-hybridized carbons (Fsp3) is 0.667. The molecule has 1 aromatic heterocycles. The molecule has 3 unspecified atom stereocenters. The lowest BCUT2D eigenvalue weighted by molar-refractivity contribution is -0.138. The van der Waals surface area contributed by atoms with Crippen LogP contribution in [0, 0.1) is 0 Å². The van der Waals surface area contributed by atoms with Crippen molar-refractivity contribution >= 4 is 22.4 Å². The summed E-state index contributed by atoms with van der Waals surface area (Å²) in [7, 11) is 2.13. The Morgan fingerprint density at radius 2 is 2.47 bits per heavy atom. The number of piperidine rings is 1. The van der Waals surface area contributed by atoms with Gasteiger partial charge in [0.15, 0.2) is 5.13 Å². The highest BCUT2D eigenvalue weighted by Crippen LogP contribution is 2.24. The van der Waals surface area contributed by atoms with Gasteiger partial charge in [-0.25, -0.2) is 4.98 Å². The predicted octanol–water partition coefficient (Wildman–Crippen LogP) is 1.12. The van der Waals surface area contributed by atoms with Gasteiger partial charge in [0.05, 0.1) is 5.69 Å². The van der Waals surface area contributed by atoms with Crippen molar-refractivity contribution in [3.8, 4) is 0 Å². The Bertz CT molecular complexity index is 451. The number of nitrogens with two attached hydrogens (primary N) is 1. The largest absolute Gasteiger partial charge is 0.480 e. The number of hydrogen-bond acceptors (Lipinski definition) is 6.